The predicted octanol–water partition coefficient (Wildman–Crippen LogP) is 5.00. The van der Waals surface area contributed by atoms with Gasteiger partial charge in [0.2, 0.25) is 11.8 Å². The molecule has 3 N–H and O–H groups in total. The monoisotopic (exact) mass is 458 g/mol. The summed E-state index contributed by atoms with van der Waals surface area (Å²) in [5.41, 5.74) is 3.28. The van der Waals surface area contributed by atoms with Crippen LogP contribution in [0.2, 0.25) is 0 Å². The molecular weight excluding hydrogens is 428 g/mol. The Morgan fingerprint density at radius 2 is 1.41 bits per heavy atom. The summed E-state index contributed by atoms with van der Waals surface area (Å²) in [6.45, 7) is 4.05. The Balaban J connectivity index is 1.52. The minimum Gasteiger partial charge on any atom is -0.376 e. The largest absolute Gasteiger partial charge is 0.376 e. The SMILES string of the molecule is CC(C)CC(=O)Nc1ccc(NCC(=O)Nc2cccc(C(=O)N(C)c3ccccc3)c2)cc1. The fourth-order valence-electron chi connectivity index (χ4n) is 3.33. The number of nitrogens with zero attached hydrogens (tertiary/aromatic N) is 1. The number of nitrogens with one attached hydrogen (secondary N) is 3. The van der Waals surface area contributed by atoms with Crippen LogP contribution in [0, 0.1) is 5.92 Å². The number of benzene rings is 3. The normalized spacial score (nSPS) is 10.5. The number of amides is 3. The first kappa shape index (κ1) is 24.5. The smallest absolute Gasteiger partial charge is 0.258 e. The topological polar surface area (TPSA) is 90.5 Å². The lowest BCUT2D eigenvalue weighted by molar-refractivity contribution is -0.117. The highest BCUT2D eigenvalue weighted by atomic mass is 16.2. The maximum atomic E-state index is 12.8. The summed E-state index contributed by atoms with van der Waals surface area (Å²) in [5, 5.41) is 8.72. The molecule has 7 nitrogen and oxygen atoms in total. The molecule has 0 heterocycles. The average Bonchev–Trinajstić information content (AvgIpc) is 2.83. The van der Waals surface area contributed by atoms with Crippen molar-refractivity contribution in [2.75, 3.05) is 34.4 Å². The van der Waals surface area contributed by atoms with Crippen molar-refractivity contribution < 1.29 is 14.4 Å². The molecule has 0 spiro atoms. The van der Waals surface area contributed by atoms with Gasteiger partial charge in [-0.2, -0.15) is 0 Å². The van der Waals surface area contributed by atoms with Crippen LogP contribution in [0.15, 0.2) is 78.9 Å². The van der Waals surface area contributed by atoms with Crippen LogP contribution in [-0.2, 0) is 9.59 Å². The van der Waals surface area contributed by atoms with E-state index in [-0.39, 0.29) is 24.3 Å². The predicted molar refractivity (Wildman–Crippen MR) is 137 cm³/mol. The fraction of sp³-hybridized carbons (Fsp3) is 0.222. The molecule has 0 aliphatic rings. The molecule has 3 rings (SSSR count). The molecule has 0 bridgehead atoms. The van der Waals surface area contributed by atoms with Gasteiger partial charge in [0.15, 0.2) is 0 Å². The number of carbonyl (C=O) groups is 3. The first-order valence-corrected chi connectivity index (χ1v) is 11.2. The summed E-state index contributed by atoms with van der Waals surface area (Å²) < 4.78 is 0. The zero-order valence-electron chi connectivity index (χ0n) is 19.7. The van der Waals surface area contributed by atoms with Crippen molar-refractivity contribution in [3.63, 3.8) is 0 Å². The van der Waals surface area contributed by atoms with Gasteiger partial charge in [-0.3, -0.25) is 14.4 Å². The van der Waals surface area contributed by atoms with E-state index in [0.29, 0.717) is 29.3 Å². The zero-order chi connectivity index (χ0) is 24.5. The minimum atomic E-state index is -0.240. The van der Waals surface area contributed by atoms with Crippen LogP contribution in [-0.4, -0.2) is 31.3 Å². The molecule has 0 fully saturated rings. The molecule has 176 valence electrons. The third-order valence-electron chi connectivity index (χ3n) is 5.06. The Hall–Kier alpha value is -4.13. The van der Waals surface area contributed by atoms with Gasteiger partial charge in [-0.25, -0.2) is 0 Å². The summed E-state index contributed by atoms with van der Waals surface area (Å²) in [6, 6.07) is 23.4. The third kappa shape index (κ3) is 7.20. The van der Waals surface area contributed by atoms with Gasteiger partial charge in [0.25, 0.3) is 5.91 Å². The van der Waals surface area contributed by atoms with E-state index in [1.165, 1.54) is 0 Å². The van der Waals surface area contributed by atoms with Crippen molar-refractivity contribution in [2.45, 2.75) is 20.3 Å². The molecule has 0 saturated carbocycles. The quantitative estimate of drug-likeness (QED) is 0.421. The van der Waals surface area contributed by atoms with E-state index in [9.17, 15) is 14.4 Å². The molecule has 34 heavy (non-hydrogen) atoms. The minimum absolute atomic E-state index is 0.0224. The third-order valence-corrected chi connectivity index (χ3v) is 5.06. The number of rotatable bonds is 9. The Morgan fingerprint density at radius 1 is 0.765 bits per heavy atom. The molecule has 0 saturated heterocycles. The van der Waals surface area contributed by atoms with Gasteiger partial charge >= 0.3 is 0 Å². The van der Waals surface area contributed by atoms with Crippen LogP contribution >= 0.6 is 0 Å². The van der Waals surface area contributed by atoms with Crippen molar-refractivity contribution in [1.29, 1.82) is 0 Å². The van der Waals surface area contributed by atoms with Crippen molar-refractivity contribution in [3.05, 3.63) is 84.4 Å². The molecule has 7 heteroatoms. The molecule has 0 unspecified atom stereocenters. The highest BCUT2D eigenvalue weighted by Gasteiger charge is 2.14. The van der Waals surface area contributed by atoms with Crippen LogP contribution in [0.25, 0.3) is 0 Å². The van der Waals surface area contributed by atoms with Gasteiger partial charge in [-0.1, -0.05) is 38.1 Å². The standard InChI is InChI=1S/C27H30N4O3/c1-19(2)16-25(32)29-22-14-12-21(13-15-22)28-18-26(33)30-23-9-7-8-20(17-23)27(34)31(3)24-10-5-4-6-11-24/h4-15,17,19,28H,16,18H2,1-3H3,(H,29,32)(H,30,33). The molecule has 0 aliphatic heterocycles. The molecule has 0 radical (unpaired) electrons. The van der Waals surface area contributed by atoms with Crippen molar-refractivity contribution in [1.82, 2.24) is 0 Å². The van der Waals surface area contributed by atoms with Crippen molar-refractivity contribution in [3.8, 4) is 0 Å². The van der Waals surface area contributed by atoms with E-state index in [2.05, 4.69) is 16.0 Å². The Bertz CT molecular complexity index is 1130. The van der Waals surface area contributed by atoms with Crippen LogP contribution in [0.1, 0.15) is 30.6 Å². The van der Waals surface area contributed by atoms with Gasteiger partial charge in [0.05, 0.1) is 6.54 Å². The van der Waals surface area contributed by atoms with Gasteiger partial charge in [-0.05, 0) is 60.5 Å². The lowest BCUT2D eigenvalue weighted by atomic mass is 10.1. The number of hydrogen-bond donors (Lipinski definition) is 3. The molecule has 3 amide bonds. The van der Waals surface area contributed by atoms with Crippen LogP contribution in [0.4, 0.5) is 22.7 Å². The second-order valence-electron chi connectivity index (χ2n) is 8.41. The van der Waals surface area contributed by atoms with Gasteiger partial charge in [0.1, 0.15) is 0 Å². The second kappa shape index (κ2) is 11.7. The van der Waals surface area contributed by atoms with Gasteiger partial charge < -0.3 is 20.9 Å². The first-order chi connectivity index (χ1) is 16.3. The summed E-state index contributed by atoms with van der Waals surface area (Å²) >= 11 is 0. The van der Waals surface area contributed by atoms with Gasteiger partial charge in [0, 0.05) is 41.8 Å². The van der Waals surface area contributed by atoms with E-state index >= 15 is 0 Å². The van der Waals surface area contributed by atoms with Crippen LogP contribution < -0.4 is 20.9 Å². The first-order valence-electron chi connectivity index (χ1n) is 11.2. The number of hydrogen-bond acceptors (Lipinski definition) is 4. The Kier molecular flexibility index (Phi) is 8.40. The number of anilines is 4. The second-order valence-corrected chi connectivity index (χ2v) is 8.41. The molecule has 3 aromatic carbocycles. The van der Waals surface area contributed by atoms with E-state index < -0.39 is 0 Å². The lowest BCUT2D eigenvalue weighted by Gasteiger charge is -2.17. The fourth-order valence-corrected chi connectivity index (χ4v) is 3.33. The van der Waals surface area contributed by atoms with E-state index in [0.717, 1.165) is 11.4 Å². The maximum absolute atomic E-state index is 12.8. The van der Waals surface area contributed by atoms with E-state index in [1.54, 1.807) is 60.5 Å². The summed E-state index contributed by atoms with van der Waals surface area (Å²) in [4.78, 5) is 38.7. The molecule has 3 aromatic rings. The summed E-state index contributed by atoms with van der Waals surface area (Å²) in [5.74, 6) is -0.134. The lowest BCUT2D eigenvalue weighted by Crippen LogP contribution is -2.26. The average molecular weight is 459 g/mol. The van der Waals surface area contributed by atoms with Gasteiger partial charge in [-0.15, -0.1) is 0 Å². The molecular formula is C27H30N4O3. The number of para-hydroxylation sites is 1. The Labute approximate surface area is 200 Å². The van der Waals surface area contributed by atoms with E-state index in [1.807, 2.05) is 44.2 Å². The molecule has 0 aromatic heterocycles. The number of carbonyl (C=O) groups excluding carboxylic acids is 3. The highest BCUT2D eigenvalue weighted by Crippen LogP contribution is 2.18. The summed E-state index contributed by atoms with van der Waals surface area (Å²) in [6.07, 6.45) is 0.468. The molecule has 0 aliphatic carbocycles. The van der Waals surface area contributed by atoms with Crippen molar-refractivity contribution in [2.24, 2.45) is 5.92 Å². The van der Waals surface area contributed by atoms with E-state index in [4.69, 9.17) is 0 Å². The highest BCUT2D eigenvalue weighted by molar-refractivity contribution is 6.06. The zero-order valence-corrected chi connectivity index (χ0v) is 19.7. The Morgan fingerprint density at radius 3 is 2.09 bits per heavy atom. The van der Waals surface area contributed by atoms with Crippen LogP contribution in [0.3, 0.4) is 0 Å². The molecule has 0 atom stereocenters. The van der Waals surface area contributed by atoms with Crippen LogP contribution in [0.5, 0.6) is 0 Å². The maximum Gasteiger partial charge on any atom is 0.258 e. The van der Waals surface area contributed by atoms with Crippen molar-refractivity contribution >= 4 is 40.5 Å². The summed E-state index contributed by atoms with van der Waals surface area (Å²) in [7, 11) is 1.72.